The van der Waals surface area contributed by atoms with Crippen LogP contribution in [0.25, 0.3) is 6.08 Å². The van der Waals surface area contributed by atoms with Gasteiger partial charge in [0, 0.05) is 13.1 Å². The number of carbonyl (C=O) groups excluding carboxylic acids is 3. The lowest BCUT2D eigenvalue weighted by Gasteiger charge is -2.23. The molecule has 0 unspecified atom stereocenters. The number of imide groups is 1. The molecule has 154 valence electrons. The minimum absolute atomic E-state index is 0.0963. The molecule has 1 saturated heterocycles. The van der Waals surface area contributed by atoms with E-state index in [1.54, 1.807) is 29.2 Å². The number of hydrogen-bond donors (Lipinski definition) is 0. The second-order valence-electron chi connectivity index (χ2n) is 6.33. The highest BCUT2D eigenvalue weighted by atomic mass is 35.5. The Morgan fingerprint density at radius 1 is 1.31 bits per heavy atom. The summed E-state index contributed by atoms with van der Waals surface area (Å²) in [5, 5.41) is -0.110. The molecule has 2 rings (SSSR count). The normalized spacial score (nSPS) is 15.0. The van der Waals surface area contributed by atoms with Gasteiger partial charge < -0.3 is 9.64 Å². The summed E-state index contributed by atoms with van der Waals surface area (Å²) < 4.78 is 5.31. The van der Waals surface area contributed by atoms with Crippen molar-refractivity contribution in [2.24, 2.45) is 0 Å². The lowest BCUT2D eigenvalue weighted by molar-refractivity contribution is -0.135. The Morgan fingerprint density at radius 2 is 2.00 bits per heavy atom. The smallest absolute Gasteiger partial charge is 0.294 e. The maximum absolute atomic E-state index is 12.7. The number of hydrogen-bond acceptors (Lipinski definition) is 5. The van der Waals surface area contributed by atoms with Crippen LogP contribution in [0, 0.1) is 12.3 Å². The summed E-state index contributed by atoms with van der Waals surface area (Å²) in [6, 6.07) is 4.98. The molecule has 1 aliphatic heterocycles. The molecule has 1 aromatic rings. The Balaban J connectivity index is 2.12. The molecule has 3 amide bonds. The number of benzene rings is 1. The van der Waals surface area contributed by atoms with Crippen molar-refractivity contribution < 1.29 is 19.1 Å². The van der Waals surface area contributed by atoms with Crippen molar-refractivity contribution in [3.63, 3.8) is 0 Å². The Bertz CT molecular complexity index is 857. The minimum atomic E-state index is -0.481. The van der Waals surface area contributed by atoms with Crippen molar-refractivity contribution >= 4 is 46.5 Å². The first-order valence-corrected chi connectivity index (χ1v) is 10.5. The molecule has 1 aliphatic rings. The topological polar surface area (TPSA) is 66.9 Å². The van der Waals surface area contributed by atoms with Crippen LogP contribution in [0.5, 0.6) is 5.75 Å². The summed E-state index contributed by atoms with van der Waals surface area (Å²) in [5.74, 6) is 2.09. The van der Waals surface area contributed by atoms with Crippen LogP contribution in [0.15, 0.2) is 23.1 Å². The van der Waals surface area contributed by atoms with Gasteiger partial charge in [-0.3, -0.25) is 19.3 Å². The number of ether oxygens (including phenoxy) is 1. The quantitative estimate of drug-likeness (QED) is 0.433. The first-order valence-electron chi connectivity index (χ1n) is 9.30. The number of thioether (sulfide) groups is 1. The molecular formula is C21H23ClN2O4S. The van der Waals surface area contributed by atoms with E-state index < -0.39 is 11.1 Å². The van der Waals surface area contributed by atoms with Crippen molar-refractivity contribution in [2.75, 3.05) is 26.2 Å². The molecule has 1 fully saturated rings. The highest BCUT2D eigenvalue weighted by molar-refractivity contribution is 8.18. The third kappa shape index (κ3) is 6.02. The van der Waals surface area contributed by atoms with Crippen LogP contribution < -0.4 is 4.74 Å². The Morgan fingerprint density at radius 3 is 2.59 bits per heavy atom. The molecule has 0 radical (unpaired) electrons. The van der Waals surface area contributed by atoms with Gasteiger partial charge in [0.2, 0.25) is 5.91 Å². The van der Waals surface area contributed by atoms with Gasteiger partial charge in [0.05, 0.1) is 9.93 Å². The number of terminal acetylenes is 1. The number of amides is 3. The van der Waals surface area contributed by atoms with Crippen LogP contribution in [-0.2, 0) is 9.59 Å². The fourth-order valence-electron chi connectivity index (χ4n) is 2.77. The molecule has 1 heterocycles. The number of rotatable bonds is 9. The molecule has 29 heavy (non-hydrogen) atoms. The van der Waals surface area contributed by atoms with Gasteiger partial charge in [-0.05, 0) is 48.4 Å². The van der Waals surface area contributed by atoms with Crippen molar-refractivity contribution in [3.8, 4) is 18.1 Å². The minimum Gasteiger partial charge on any atom is -0.479 e. The molecule has 0 saturated carbocycles. The molecule has 0 atom stereocenters. The molecule has 8 heteroatoms. The van der Waals surface area contributed by atoms with Crippen molar-refractivity contribution in [1.82, 2.24) is 9.80 Å². The van der Waals surface area contributed by atoms with E-state index >= 15 is 0 Å². The molecule has 1 aromatic carbocycles. The first kappa shape index (κ1) is 22.9. The van der Waals surface area contributed by atoms with Crippen molar-refractivity contribution in [2.45, 2.75) is 26.7 Å². The average Bonchev–Trinajstić information content (AvgIpc) is 2.94. The van der Waals surface area contributed by atoms with Gasteiger partial charge in [-0.15, -0.1) is 6.42 Å². The van der Waals surface area contributed by atoms with Crippen LogP contribution in [0.2, 0.25) is 5.02 Å². The highest BCUT2D eigenvalue weighted by Crippen LogP contribution is 2.33. The van der Waals surface area contributed by atoms with E-state index in [-0.39, 0.29) is 24.0 Å². The van der Waals surface area contributed by atoms with Crippen LogP contribution in [-0.4, -0.2) is 53.1 Å². The predicted octanol–water partition coefficient (Wildman–Crippen LogP) is 4.04. The third-order valence-electron chi connectivity index (χ3n) is 4.07. The van der Waals surface area contributed by atoms with E-state index in [9.17, 15) is 14.4 Å². The van der Waals surface area contributed by atoms with Gasteiger partial charge in [-0.1, -0.05) is 37.4 Å². The summed E-state index contributed by atoms with van der Waals surface area (Å²) in [4.78, 5) is 40.4. The maximum Gasteiger partial charge on any atom is 0.294 e. The zero-order valence-corrected chi connectivity index (χ0v) is 18.0. The fraction of sp³-hybridized carbons (Fsp3) is 0.381. The van der Waals surface area contributed by atoms with E-state index in [1.807, 2.05) is 13.8 Å². The first-order chi connectivity index (χ1) is 13.9. The predicted molar refractivity (Wildman–Crippen MR) is 116 cm³/mol. The molecule has 0 aliphatic carbocycles. The van der Waals surface area contributed by atoms with Gasteiger partial charge in [0.1, 0.15) is 18.9 Å². The zero-order chi connectivity index (χ0) is 21.4. The Labute approximate surface area is 180 Å². The summed E-state index contributed by atoms with van der Waals surface area (Å²) >= 11 is 6.97. The lowest BCUT2D eigenvalue weighted by atomic mass is 10.2. The molecule has 6 nitrogen and oxygen atoms in total. The zero-order valence-electron chi connectivity index (χ0n) is 16.4. The second-order valence-corrected chi connectivity index (χ2v) is 7.73. The SMILES string of the molecule is C#CCOc1ccc(/C=C2\SC(=O)N(CC(=O)N(CCC)CCC)C2=O)cc1Cl. The third-order valence-corrected chi connectivity index (χ3v) is 5.27. The highest BCUT2D eigenvalue weighted by Gasteiger charge is 2.37. The van der Waals surface area contributed by atoms with Gasteiger partial charge in [0.15, 0.2) is 0 Å². The Hall–Kier alpha value is -2.43. The molecular weight excluding hydrogens is 412 g/mol. The van der Waals surface area contributed by atoms with Crippen LogP contribution in [0.1, 0.15) is 32.3 Å². The van der Waals surface area contributed by atoms with Crippen LogP contribution in [0.4, 0.5) is 4.79 Å². The van der Waals surface area contributed by atoms with Gasteiger partial charge >= 0.3 is 0 Å². The number of carbonyl (C=O) groups is 3. The van der Waals surface area contributed by atoms with Gasteiger partial charge in [-0.2, -0.15) is 0 Å². The average molecular weight is 435 g/mol. The largest absolute Gasteiger partial charge is 0.479 e. The van der Waals surface area contributed by atoms with Crippen LogP contribution in [0.3, 0.4) is 0 Å². The number of nitrogens with zero attached hydrogens (tertiary/aromatic N) is 2. The van der Waals surface area contributed by atoms with Gasteiger partial charge in [-0.25, -0.2) is 0 Å². The summed E-state index contributed by atoms with van der Waals surface area (Å²) in [5.41, 5.74) is 0.637. The Kier molecular flexibility index (Phi) is 8.62. The van der Waals surface area contributed by atoms with E-state index in [0.29, 0.717) is 29.4 Å². The standard InChI is InChI=1S/C21H23ClN2O4S/c1-4-9-23(10-5-2)19(25)14-24-20(26)18(29-21(24)27)13-15-7-8-17(16(22)12-15)28-11-6-3/h3,7-8,12-13H,4-5,9-11,14H2,1-2H3/b18-13-. The monoisotopic (exact) mass is 434 g/mol. The fourth-order valence-corrected chi connectivity index (χ4v) is 3.85. The van der Waals surface area contributed by atoms with Crippen molar-refractivity contribution in [1.29, 1.82) is 0 Å². The lowest BCUT2D eigenvalue weighted by Crippen LogP contribution is -2.42. The molecule has 0 N–H and O–H groups in total. The maximum atomic E-state index is 12.7. The molecule has 0 aromatic heterocycles. The summed E-state index contributed by atoms with van der Waals surface area (Å²) in [7, 11) is 0. The second kappa shape index (κ2) is 10.9. The molecule has 0 bridgehead atoms. The van der Waals surface area contributed by atoms with Crippen molar-refractivity contribution in [3.05, 3.63) is 33.7 Å². The van der Waals surface area contributed by atoms with E-state index in [4.69, 9.17) is 22.8 Å². The van der Waals surface area contributed by atoms with Gasteiger partial charge in [0.25, 0.3) is 11.1 Å². The van der Waals surface area contributed by atoms with E-state index in [2.05, 4.69) is 5.92 Å². The van der Waals surface area contributed by atoms with E-state index in [0.717, 1.165) is 29.5 Å². The summed E-state index contributed by atoms with van der Waals surface area (Å²) in [6.07, 6.45) is 8.36. The number of halogens is 1. The van der Waals surface area contributed by atoms with Crippen LogP contribution >= 0.6 is 23.4 Å². The van der Waals surface area contributed by atoms with E-state index in [1.165, 1.54) is 0 Å². The summed E-state index contributed by atoms with van der Waals surface area (Å²) in [6.45, 7) is 5.01. The molecule has 0 spiro atoms.